The first-order valence-corrected chi connectivity index (χ1v) is 9.47. The fraction of sp³-hybridized carbons (Fsp3) is 0.105. The van der Waals surface area contributed by atoms with Crippen LogP contribution in [-0.2, 0) is 6.54 Å². The van der Waals surface area contributed by atoms with E-state index in [2.05, 4.69) is 72.2 Å². The summed E-state index contributed by atoms with van der Waals surface area (Å²) in [5, 5.41) is 5.39. The Morgan fingerprint density at radius 2 is 1.91 bits per heavy atom. The van der Waals surface area contributed by atoms with Gasteiger partial charge >= 0.3 is 0 Å². The maximum atomic E-state index is 5.46. The molecule has 1 N–H and O–H groups in total. The number of aryl methyl sites for hydroxylation is 1. The predicted octanol–water partition coefficient (Wildman–Crippen LogP) is 5.89. The number of benzene rings is 2. The largest absolute Gasteiger partial charge is 0.366 e. The molecule has 0 aliphatic carbocycles. The van der Waals surface area contributed by atoms with Crippen LogP contribution < -0.4 is 5.32 Å². The summed E-state index contributed by atoms with van der Waals surface area (Å²) < 4.78 is 0.807. The smallest absolute Gasteiger partial charge is 0.138 e. The van der Waals surface area contributed by atoms with E-state index in [0.29, 0.717) is 0 Å². The molecular weight excluding hydrogens is 338 g/mol. The number of thioether (sulfide) groups is 1. The highest BCUT2D eigenvalue weighted by Gasteiger charge is 2.06. The van der Waals surface area contributed by atoms with E-state index in [1.165, 1.54) is 21.6 Å². The summed E-state index contributed by atoms with van der Waals surface area (Å²) in [7, 11) is 0. The van der Waals surface area contributed by atoms with Crippen molar-refractivity contribution in [2.45, 2.75) is 18.4 Å². The molecule has 0 unspecified atom stereocenters. The molecule has 0 fully saturated rings. The van der Waals surface area contributed by atoms with E-state index in [9.17, 15) is 0 Å². The monoisotopic (exact) mass is 355 g/mol. The summed E-state index contributed by atoms with van der Waals surface area (Å²) in [5.74, 6) is 0. The highest BCUT2D eigenvalue weighted by molar-refractivity contribution is 8.23. The van der Waals surface area contributed by atoms with Crippen molar-refractivity contribution in [2.75, 3.05) is 0 Å². The minimum absolute atomic E-state index is 0.793. The lowest BCUT2D eigenvalue weighted by Gasteiger charge is -2.10. The second-order valence-electron chi connectivity index (χ2n) is 5.17. The summed E-state index contributed by atoms with van der Waals surface area (Å²) in [6.45, 7) is 2.94. The van der Waals surface area contributed by atoms with E-state index in [-0.39, 0.29) is 0 Å². The lowest BCUT2D eigenvalue weighted by Crippen LogP contribution is -2.16. The second-order valence-corrected chi connectivity index (χ2v) is 7.95. The lowest BCUT2D eigenvalue weighted by molar-refractivity contribution is 0.962. The normalized spacial score (nSPS) is 10.5. The first-order chi connectivity index (χ1) is 11.2. The first kappa shape index (κ1) is 16.2. The predicted molar refractivity (Wildman–Crippen MR) is 106 cm³/mol. The van der Waals surface area contributed by atoms with Gasteiger partial charge in [0.2, 0.25) is 0 Å². The molecule has 0 amide bonds. The zero-order chi connectivity index (χ0) is 16.1. The maximum absolute atomic E-state index is 5.46. The summed E-state index contributed by atoms with van der Waals surface area (Å²) in [4.78, 5) is 2.46. The van der Waals surface area contributed by atoms with Crippen LogP contribution >= 0.6 is 35.3 Å². The topological polar surface area (TPSA) is 12.0 Å². The minimum Gasteiger partial charge on any atom is -0.366 e. The Morgan fingerprint density at radius 3 is 2.65 bits per heavy atom. The van der Waals surface area contributed by atoms with Crippen molar-refractivity contribution in [3.63, 3.8) is 0 Å². The van der Waals surface area contributed by atoms with Crippen LogP contribution in [0.4, 0.5) is 0 Å². The molecule has 0 radical (unpaired) electrons. The molecule has 0 aliphatic rings. The Morgan fingerprint density at radius 1 is 1.09 bits per heavy atom. The fourth-order valence-corrected chi connectivity index (χ4v) is 3.99. The fourth-order valence-electron chi connectivity index (χ4n) is 2.31. The molecule has 1 heterocycles. The van der Waals surface area contributed by atoms with Crippen molar-refractivity contribution >= 4 is 39.6 Å². The van der Waals surface area contributed by atoms with Crippen molar-refractivity contribution in [3.8, 4) is 11.1 Å². The van der Waals surface area contributed by atoms with E-state index < -0.39 is 0 Å². The van der Waals surface area contributed by atoms with Crippen LogP contribution in [0.3, 0.4) is 0 Å². The molecular formula is C19H17NS3. The van der Waals surface area contributed by atoms with Crippen LogP contribution in [0.15, 0.2) is 70.9 Å². The third-order valence-corrected chi connectivity index (χ3v) is 5.58. The van der Waals surface area contributed by atoms with Crippen molar-refractivity contribution < 1.29 is 0 Å². The van der Waals surface area contributed by atoms with Crippen molar-refractivity contribution in [3.05, 3.63) is 76.5 Å². The molecule has 3 aromatic rings. The summed E-state index contributed by atoms with van der Waals surface area (Å²) in [5.41, 5.74) is 3.78. The number of nitrogens with one attached hydrogen (secondary N) is 1. The van der Waals surface area contributed by atoms with E-state index in [1.54, 1.807) is 23.1 Å². The molecule has 0 spiro atoms. The molecule has 23 heavy (non-hydrogen) atoms. The summed E-state index contributed by atoms with van der Waals surface area (Å²) in [6, 6.07) is 21.2. The lowest BCUT2D eigenvalue weighted by atomic mass is 10.0. The standard InChI is InChI=1S/C19H17NS3/c1-14-9-10-16(12-18(14)15-6-3-2-4-7-15)23-19(21)20-13-17-8-5-11-22-17/h2-12H,13H2,1H3,(H,20,21). The molecule has 3 rings (SSSR count). The number of thiophene rings is 1. The highest BCUT2D eigenvalue weighted by Crippen LogP contribution is 2.29. The zero-order valence-corrected chi connectivity index (χ0v) is 15.2. The Labute approximate surface area is 150 Å². The Balaban J connectivity index is 1.70. The first-order valence-electron chi connectivity index (χ1n) is 7.36. The number of hydrogen-bond donors (Lipinski definition) is 1. The average molecular weight is 356 g/mol. The van der Waals surface area contributed by atoms with Crippen LogP contribution in [0.5, 0.6) is 0 Å². The van der Waals surface area contributed by atoms with Crippen LogP contribution in [0.2, 0.25) is 0 Å². The molecule has 0 bridgehead atoms. The Bertz CT molecular complexity index is 780. The SMILES string of the molecule is Cc1ccc(SC(=S)NCc2cccs2)cc1-c1ccccc1. The van der Waals surface area contributed by atoms with Gasteiger partial charge in [-0.2, -0.15) is 0 Å². The molecule has 0 aliphatic heterocycles. The highest BCUT2D eigenvalue weighted by atomic mass is 32.2. The van der Waals surface area contributed by atoms with Crippen LogP contribution in [0.1, 0.15) is 10.4 Å². The molecule has 0 atom stereocenters. The van der Waals surface area contributed by atoms with Gasteiger partial charge in [0.25, 0.3) is 0 Å². The van der Waals surface area contributed by atoms with Gasteiger partial charge in [-0.3, -0.25) is 0 Å². The van der Waals surface area contributed by atoms with Gasteiger partial charge in [-0.1, -0.05) is 66.4 Å². The van der Waals surface area contributed by atoms with E-state index in [1.807, 2.05) is 6.07 Å². The van der Waals surface area contributed by atoms with Gasteiger partial charge in [-0.05, 0) is 47.2 Å². The Hall–Kier alpha value is -1.62. The van der Waals surface area contributed by atoms with E-state index in [4.69, 9.17) is 12.2 Å². The molecule has 0 saturated heterocycles. The van der Waals surface area contributed by atoms with Gasteiger partial charge in [0.15, 0.2) is 0 Å². The van der Waals surface area contributed by atoms with Crippen molar-refractivity contribution in [1.29, 1.82) is 0 Å². The van der Waals surface area contributed by atoms with Gasteiger partial charge in [0, 0.05) is 9.77 Å². The maximum Gasteiger partial charge on any atom is 0.138 e. The third-order valence-electron chi connectivity index (χ3n) is 3.49. The number of thiocarbonyl (C=S) groups is 1. The van der Waals surface area contributed by atoms with E-state index >= 15 is 0 Å². The van der Waals surface area contributed by atoms with Gasteiger partial charge in [-0.25, -0.2) is 0 Å². The van der Waals surface area contributed by atoms with Crippen molar-refractivity contribution in [2.24, 2.45) is 0 Å². The van der Waals surface area contributed by atoms with Crippen molar-refractivity contribution in [1.82, 2.24) is 5.32 Å². The molecule has 1 aromatic heterocycles. The molecule has 0 saturated carbocycles. The third kappa shape index (κ3) is 4.44. The second kappa shape index (κ2) is 7.77. The van der Waals surface area contributed by atoms with Gasteiger partial charge in [0.1, 0.15) is 4.32 Å². The summed E-state index contributed by atoms with van der Waals surface area (Å²) >= 11 is 8.81. The zero-order valence-electron chi connectivity index (χ0n) is 12.8. The minimum atomic E-state index is 0.793. The van der Waals surface area contributed by atoms with Crippen LogP contribution in [-0.4, -0.2) is 4.32 Å². The number of hydrogen-bond acceptors (Lipinski definition) is 3. The summed E-state index contributed by atoms with van der Waals surface area (Å²) in [6.07, 6.45) is 0. The van der Waals surface area contributed by atoms with Gasteiger partial charge in [0.05, 0.1) is 6.54 Å². The molecule has 116 valence electrons. The Kier molecular flexibility index (Phi) is 5.49. The quantitative estimate of drug-likeness (QED) is 0.463. The molecule has 4 heteroatoms. The molecule has 1 nitrogen and oxygen atoms in total. The number of rotatable bonds is 4. The molecule has 2 aromatic carbocycles. The van der Waals surface area contributed by atoms with Gasteiger partial charge < -0.3 is 5.32 Å². The van der Waals surface area contributed by atoms with Crippen LogP contribution in [0, 0.1) is 6.92 Å². The average Bonchev–Trinajstić information content (AvgIpc) is 3.09. The van der Waals surface area contributed by atoms with Crippen LogP contribution in [0.25, 0.3) is 11.1 Å². The van der Waals surface area contributed by atoms with Gasteiger partial charge in [-0.15, -0.1) is 11.3 Å². The van der Waals surface area contributed by atoms with E-state index in [0.717, 1.165) is 15.8 Å².